The van der Waals surface area contributed by atoms with E-state index in [0.717, 1.165) is 16.7 Å². The van der Waals surface area contributed by atoms with Gasteiger partial charge in [-0.15, -0.1) is 0 Å². The molecule has 0 saturated carbocycles. The van der Waals surface area contributed by atoms with Crippen LogP contribution in [-0.2, 0) is 16.1 Å². The molecule has 1 unspecified atom stereocenters. The van der Waals surface area contributed by atoms with Crippen molar-refractivity contribution in [1.29, 1.82) is 0 Å². The normalized spacial score (nSPS) is 11.7. The maximum Gasteiger partial charge on any atom is 0.310 e. The predicted molar refractivity (Wildman–Crippen MR) is 103 cm³/mol. The van der Waals surface area contributed by atoms with Crippen LogP contribution in [0.15, 0.2) is 42.5 Å². The van der Waals surface area contributed by atoms with Gasteiger partial charge in [0.2, 0.25) is 0 Å². The molecule has 26 heavy (non-hydrogen) atoms. The van der Waals surface area contributed by atoms with Crippen LogP contribution < -0.4 is 0 Å². The van der Waals surface area contributed by atoms with Crippen LogP contribution in [0.1, 0.15) is 39.5 Å². The lowest BCUT2D eigenvalue weighted by Crippen LogP contribution is -2.37. The smallest absolute Gasteiger partial charge is 0.310 e. The van der Waals surface area contributed by atoms with Crippen molar-refractivity contribution in [3.8, 4) is 0 Å². The minimum atomic E-state index is -0.388. The maximum atomic E-state index is 13.1. The average molecular weight is 353 g/mol. The Kier molecular flexibility index (Phi) is 6.56. The highest BCUT2D eigenvalue weighted by Crippen LogP contribution is 2.16. The summed E-state index contributed by atoms with van der Waals surface area (Å²) in [6, 6.07) is 13.8. The molecule has 4 nitrogen and oxygen atoms in total. The average Bonchev–Trinajstić information content (AvgIpc) is 2.63. The number of nitrogens with zero attached hydrogens (tertiary/aromatic N) is 1. The van der Waals surface area contributed by atoms with E-state index in [-0.39, 0.29) is 17.8 Å². The number of benzene rings is 2. The van der Waals surface area contributed by atoms with Crippen LogP contribution in [0.2, 0.25) is 0 Å². The molecular weight excluding hydrogens is 326 g/mol. The molecule has 1 amide bonds. The van der Waals surface area contributed by atoms with E-state index >= 15 is 0 Å². The Morgan fingerprint density at radius 3 is 2.23 bits per heavy atom. The van der Waals surface area contributed by atoms with Crippen molar-refractivity contribution in [2.45, 2.75) is 34.2 Å². The molecule has 2 aromatic carbocycles. The number of carbonyl (C=O) groups is 2. The topological polar surface area (TPSA) is 46.6 Å². The van der Waals surface area contributed by atoms with Crippen LogP contribution in [-0.4, -0.2) is 30.4 Å². The predicted octanol–water partition coefficient (Wildman–Crippen LogP) is 4.06. The van der Waals surface area contributed by atoms with Crippen molar-refractivity contribution in [2.75, 3.05) is 13.7 Å². The number of esters is 1. The van der Waals surface area contributed by atoms with E-state index in [1.165, 1.54) is 12.7 Å². The molecule has 2 aromatic rings. The van der Waals surface area contributed by atoms with Gasteiger partial charge < -0.3 is 9.64 Å². The molecule has 0 saturated heterocycles. The monoisotopic (exact) mass is 353 g/mol. The molecule has 0 aliphatic heterocycles. The Hall–Kier alpha value is -2.62. The molecule has 0 N–H and O–H groups in total. The van der Waals surface area contributed by atoms with Gasteiger partial charge in [-0.25, -0.2) is 0 Å². The number of carbonyl (C=O) groups excluding carboxylic acids is 2. The number of hydrogen-bond donors (Lipinski definition) is 0. The zero-order chi connectivity index (χ0) is 19.3. The van der Waals surface area contributed by atoms with Crippen LogP contribution in [0, 0.1) is 26.7 Å². The first-order valence-corrected chi connectivity index (χ1v) is 8.81. The van der Waals surface area contributed by atoms with E-state index in [2.05, 4.69) is 0 Å². The fourth-order valence-electron chi connectivity index (χ4n) is 2.80. The van der Waals surface area contributed by atoms with E-state index in [1.807, 2.05) is 63.2 Å². The number of methoxy groups -OCH3 is 1. The van der Waals surface area contributed by atoms with Gasteiger partial charge in [0.05, 0.1) is 13.0 Å². The van der Waals surface area contributed by atoms with Gasteiger partial charge in [0.15, 0.2) is 0 Å². The van der Waals surface area contributed by atoms with Crippen molar-refractivity contribution in [1.82, 2.24) is 4.90 Å². The number of rotatable bonds is 6. The number of ether oxygens (including phenoxy) is 1. The van der Waals surface area contributed by atoms with E-state index in [4.69, 9.17) is 4.74 Å². The zero-order valence-electron chi connectivity index (χ0n) is 16.2. The minimum Gasteiger partial charge on any atom is -0.469 e. The summed E-state index contributed by atoms with van der Waals surface area (Å²) in [5.74, 6) is -0.780. The first-order valence-electron chi connectivity index (χ1n) is 8.81. The van der Waals surface area contributed by atoms with Gasteiger partial charge in [0.1, 0.15) is 0 Å². The van der Waals surface area contributed by atoms with Crippen LogP contribution in [0.3, 0.4) is 0 Å². The summed E-state index contributed by atoms with van der Waals surface area (Å²) in [4.78, 5) is 26.7. The van der Waals surface area contributed by atoms with E-state index in [1.54, 1.807) is 11.8 Å². The standard InChI is InChI=1S/C22H27NO3/c1-15-6-9-19(10-7-15)14-23(13-18(4)22(25)26-5)21(24)20-11-8-16(2)17(3)12-20/h6-12,18H,13-14H2,1-5H3. The summed E-state index contributed by atoms with van der Waals surface area (Å²) >= 11 is 0. The van der Waals surface area contributed by atoms with Gasteiger partial charge in [-0.05, 0) is 49.6 Å². The van der Waals surface area contributed by atoms with Crippen molar-refractivity contribution < 1.29 is 14.3 Å². The molecule has 2 rings (SSSR count). The Bertz CT molecular complexity index is 780. The summed E-state index contributed by atoms with van der Waals surface area (Å²) < 4.78 is 4.82. The molecule has 0 spiro atoms. The lowest BCUT2D eigenvalue weighted by Gasteiger charge is -2.25. The second kappa shape index (κ2) is 8.65. The van der Waals surface area contributed by atoms with Crippen molar-refractivity contribution in [3.63, 3.8) is 0 Å². The first kappa shape index (κ1) is 19.7. The molecule has 0 aliphatic carbocycles. The molecule has 0 radical (unpaired) electrons. The lowest BCUT2D eigenvalue weighted by atomic mass is 10.0. The van der Waals surface area contributed by atoms with Crippen molar-refractivity contribution >= 4 is 11.9 Å². The third-order valence-electron chi connectivity index (χ3n) is 4.63. The molecule has 0 heterocycles. The van der Waals surface area contributed by atoms with Crippen LogP contribution in [0.4, 0.5) is 0 Å². The minimum absolute atomic E-state index is 0.0792. The molecule has 4 heteroatoms. The Balaban J connectivity index is 2.28. The SMILES string of the molecule is COC(=O)C(C)CN(Cc1ccc(C)cc1)C(=O)c1ccc(C)c(C)c1. The number of amides is 1. The lowest BCUT2D eigenvalue weighted by molar-refractivity contribution is -0.145. The highest BCUT2D eigenvalue weighted by Gasteiger charge is 2.23. The van der Waals surface area contributed by atoms with E-state index < -0.39 is 0 Å². The summed E-state index contributed by atoms with van der Waals surface area (Å²) in [7, 11) is 1.37. The van der Waals surface area contributed by atoms with E-state index in [0.29, 0.717) is 18.7 Å². The Morgan fingerprint density at radius 2 is 1.65 bits per heavy atom. The van der Waals surface area contributed by atoms with Crippen LogP contribution in [0.25, 0.3) is 0 Å². The summed E-state index contributed by atoms with van der Waals surface area (Å²) in [6.45, 7) is 8.59. The Labute approximate surface area is 155 Å². The Morgan fingerprint density at radius 1 is 1.00 bits per heavy atom. The quantitative estimate of drug-likeness (QED) is 0.736. The fraction of sp³-hybridized carbons (Fsp3) is 0.364. The van der Waals surface area contributed by atoms with Gasteiger partial charge in [-0.2, -0.15) is 0 Å². The molecule has 0 aromatic heterocycles. The van der Waals surface area contributed by atoms with Gasteiger partial charge in [-0.3, -0.25) is 9.59 Å². The third-order valence-corrected chi connectivity index (χ3v) is 4.63. The van der Waals surface area contributed by atoms with Gasteiger partial charge in [-0.1, -0.05) is 42.8 Å². The van der Waals surface area contributed by atoms with Gasteiger partial charge >= 0.3 is 5.97 Å². The van der Waals surface area contributed by atoms with Crippen molar-refractivity contribution in [2.24, 2.45) is 5.92 Å². The summed E-state index contributed by atoms with van der Waals surface area (Å²) in [5.41, 5.74) is 5.06. The molecule has 0 bridgehead atoms. The molecular formula is C22H27NO3. The largest absolute Gasteiger partial charge is 0.469 e. The van der Waals surface area contributed by atoms with Gasteiger partial charge in [0.25, 0.3) is 5.91 Å². The van der Waals surface area contributed by atoms with Crippen molar-refractivity contribution in [3.05, 3.63) is 70.3 Å². The van der Waals surface area contributed by atoms with Crippen LogP contribution >= 0.6 is 0 Å². The number of hydrogen-bond acceptors (Lipinski definition) is 3. The second-order valence-corrected chi connectivity index (χ2v) is 6.89. The molecule has 138 valence electrons. The highest BCUT2D eigenvalue weighted by atomic mass is 16.5. The van der Waals surface area contributed by atoms with Gasteiger partial charge in [0, 0.05) is 18.7 Å². The number of aryl methyl sites for hydroxylation is 3. The van der Waals surface area contributed by atoms with Crippen LogP contribution in [0.5, 0.6) is 0 Å². The highest BCUT2D eigenvalue weighted by molar-refractivity contribution is 5.94. The third kappa shape index (κ3) is 4.94. The maximum absolute atomic E-state index is 13.1. The summed E-state index contributed by atoms with van der Waals surface area (Å²) in [6.07, 6.45) is 0. The molecule has 0 aliphatic rings. The molecule has 0 fully saturated rings. The first-order chi connectivity index (χ1) is 12.3. The molecule has 1 atom stereocenters. The van der Waals surface area contributed by atoms with E-state index in [9.17, 15) is 9.59 Å². The fourth-order valence-corrected chi connectivity index (χ4v) is 2.80. The zero-order valence-corrected chi connectivity index (χ0v) is 16.2. The second-order valence-electron chi connectivity index (χ2n) is 6.89. The summed E-state index contributed by atoms with van der Waals surface area (Å²) in [5, 5.41) is 0.